The summed E-state index contributed by atoms with van der Waals surface area (Å²) in [5.41, 5.74) is 1.82. The zero-order valence-corrected chi connectivity index (χ0v) is 17.4. The van der Waals surface area contributed by atoms with Gasteiger partial charge < -0.3 is 14.0 Å². The van der Waals surface area contributed by atoms with Gasteiger partial charge in [0.2, 0.25) is 0 Å². The molecular weight excluding hydrogens is 469 g/mol. The van der Waals surface area contributed by atoms with E-state index in [4.69, 9.17) is 9.26 Å². The number of rotatable bonds is 5. The van der Waals surface area contributed by atoms with Crippen LogP contribution < -0.4 is 10.1 Å². The molecule has 1 atom stereocenters. The summed E-state index contributed by atoms with van der Waals surface area (Å²) in [4.78, 5) is 12.4. The Kier molecular flexibility index (Phi) is 6.35. The second-order valence-corrected chi connectivity index (χ2v) is 7.09. The molecule has 6 nitrogen and oxygen atoms in total. The molecule has 1 unspecified atom stereocenters. The van der Waals surface area contributed by atoms with Gasteiger partial charge in [-0.2, -0.15) is 0 Å². The second kappa shape index (κ2) is 8.78. The number of nitrogens with one attached hydrogen (secondary N) is 1. The van der Waals surface area contributed by atoms with Crippen LogP contribution in [-0.4, -0.2) is 17.6 Å². The summed E-state index contributed by atoms with van der Waals surface area (Å²) in [5.74, 6) is -0.199. The molecule has 1 N–H and O–H groups in total. The number of hydrogen-bond acceptors (Lipinski definition) is 5. The van der Waals surface area contributed by atoms with Crippen LogP contribution in [0.5, 0.6) is 5.75 Å². The van der Waals surface area contributed by atoms with E-state index in [-0.39, 0.29) is 17.2 Å². The number of carbonyl (C=O) groups excluding carboxylic acids is 1. The molecule has 3 aromatic rings. The smallest absolute Gasteiger partial charge is 0.441 e. The zero-order valence-electron chi connectivity index (χ0n) is 15.8. The highest BCUT2D eigenvalue weighted by molar-refractivity contribution is 9.10. The van der Waals surface area contributed by atoms with Crippen molar-refractivity contribution in [3.63, 3.8) is 0 Å². The molecule has 0 fully saturated rings. The number of ether oxygens (including phenoxy) is 2. The third-order valence-corrected chi connectivity index (χ3v) is 4.79. The fourth-order valence-electron chi connectivity index (χ4n) is 2.68. The Hall–Kier alpha value is -3.01. The van der Waals surface area contributed by atoms with Crippen molar-refractivity contribution in [1.29, 1.82) is 0 Å². The summed E-state index contributed by atoms with van der Waals surface area (Å²) in [5, 5.41) is 6.40. The zero-order chi connectivity index (χ0) is 21.9. The van der Waals surface area contributed by atoms with Crippen molar-refractivity contribution >= 4 is 27.7 Å². The van der Waals surface area contributed by atoms with Crippen molar-refractivity contribution in [2.45, 2.75) is 26.3 Å². The van der Waals surface area contributed by atoms with Crippen molar-refractivity contribution in [1.82, 2.24) is 5.16 Å². The summed E-state index contributed by atoms with van der Waals surface area (Å²) in [6, 6.07) is 12.3. The van der Waals surface area contributed by atoms with Gasteiger partial charge in [0, 0.05) is 15.6 Å². The number of hydrogen-bond donors (Lipinski definition) is 1. The number of aryl methyl sites for hydroxylation is 1. The third-order valence-electron chi connectivity index (χ3n) is 4.07. The Balaban J connectivity index is 1.74. The van der Waals surface area contributed by atoms with Gasteiger partial charge in [-0.15, -0.1) is 13.2 Å². The predicted molar refractivity (Wildman–Crippen MR) is 106 cm³/mol. The van der Waals surface area contributed by atoms with Crippen LogP contribution in [-0.2, 0) is 4.74 Å². The summed E-state index contributed by atoms with van der Waals surface area (Å²) in [7, 11) is 0. The van der Waals surface area contributed by atoms with E-state index in [1.54, 1.807) is 13.8 Å². The van der Waals surface area contributed by atoms with Crippen molar-refractivity contribution in [3.05, 3.63) is 64.3 Å². The number of nitrogens with zero attached hydrogens (tertiary/aromatic N) is 1. The molecule has 0 bridgehead atoms. The lowest BCUT2D eigenvalue weighted by atomic mass is 10.1. The molecule has 1 amide bonds. The molecule has 0 saturated carbocycles. The van der Waals surface area contributed by atoms with E-state index in [0.717, 1.165) is 22.2 Å². The molecule has 0 saturated heterocycles. The maximum Gasteiger partial charge on any atom is 0.573 e. The lowest BCUT2D eigenvalue weighted by Gasteiger charge is -2.15. The molecular formula is C20H16BrF3N2O4. The van der Waals surface area contributed by atoms with Crippen molar-refractivity contribution in [3.8, 4) is 17.1 Å². The van der Waals surface area contributed by atoms with Gasteiger partial charge >= 0.3 is 12.5 Å². The van der Waals surface area contributed by atoms with Gasteiger partial charge in [-0.05, 0) is 44.2 Å². The molecule has 0 aliphatic heterocycles. The topological polar surface area (TPSA) is 73.6 Å². The van der Waals surface area contributed by atoms with E-state index in [9.17, 15) is 18.0 Å². The van der Waals surface area contributed by atoms with Gasteiger partial charge in [-0.25, -0.2) is 4.79 Å². The van der Waals surface area contributed by atoms with E-state index >= 15 is 0 Å². The number of benzene rings is 2. The van der Waals surface area contributed by atoms with E-state index in [1.807, 2.05) is 24.3 Å². The van der Waals surface area contributed by atoms with E-state index < -0.39 is 18.6 Å². The molecule has 1 heterocycles. The van der Waals surface area contributed by atoms with Crippen LogP contribution >= 0.6 is 15.9 Å². The Morgan fingerprint density at radius 2 is 1.83 bits per heavy atom. The first-order valence-electron chi connectivity index (χ1n) is 8.68. The standard InChI is InChI=1S/C20H16BrF3N2O4/c1-11-17(25-19(27)28-12(2)15-5-3-4-6-16(15)21)18(30-26-11)13-7-9-14(10-8-13)29-20(22,23)24/h3-10,12H,1-2H3,(H,25,27). The summed E-state index contributed by atoms with van der Waals surface area (Å²) in [6.07, 6.45) is -6.06. The third kappa shape index (κ3) is 5.32. The fourth-order valence-corrected chi connectivity index (χ4v) is 3.29. The quantitative estimate of drug-likeness (QED) is 0.440. The highest BCUT2D eigenvalue weighted by Gasteiger charge is 2.31. The monoisotopic (exact) mass is 484 g/mol. The van der Waals surface area contributed by atoms with E-state index in [0.29, 0.717) is 11.3 Å². The summed E-state index contributed by atoms with van der Waals surface area (Å²) in [6.45, 7) is 3.33. The molecule has 158 valence electrons. The first-order valence-corrected chi connectivity index (χ1v) is 9.48. The average Bonchev–Trinajstić information content (AvgIpc) is 3.02. The average molecular weight is 485 g/mol. The van der Waals surface area contributed by atoms with E-state index in [2.05, 4.69) is 31.1 Å². The van der Waals surface area contributed by atoms with Gasteiger partial charge in [0.1, 0.15) is 23.2 Å². The maximum atomic E-state index is 12.4. The number of amides is 1. The van der Waals surface area contributed by atoms with Crippen LogP contribution in [0, 0.1) is 6.92 Å². The second-order valence-electron chi connectivity index (χ2n) is 6.24. The van der Waals surface area contributed by atoms with Crippen LogP contribution in [0.25, 0.3) is 11.3 Å². The first-order chi connectivity index (χ1) is 14.1. The Bertz CT molecular complexity index is 1040. The minimum atomic E-state index is -4.79. The van der Waals surface area contributed by atoms with Gasteiger partial charge in [0.05, 0.1) is 0 Å². The minimum Gasteiger partial charge on any atom is -0.441 e. The lowest BCUT2D eigenvalue weighted by Crippen LogP contribution is -2.17. The highest BCUT2D eigenvalue weighted by atomic mass is 79.9. The Morgan fingerprint density at radius 1 is 1.17 bits per heavy atom. The molecule has 0 aliphatic rings. The van der Waals surface area contributed by atoms with Crippen LogP contribution in [0.1, 0.15) is 24.3 Å². The van der Waals surface area contributed by atoms with Gasteiger partial charge in [0.15, 0.2) is 5.76 Å². The Labute approximate surface area is 178 Å². The molecule has 2 aromatic carbocycles. The normalized spacial score (nSPS) is 12.3. The summed E-state index contributed by atoms with van der Waals surface area (Å²) < 4.78 is 52.2. The van der Waals surface area contributed by atoms with E-state index in [1.165, 1.54) is 12.1 Å². The number of carbonyl (C=O) groups is 1. The van der Waals surface area contributed by atoms with Gasteiger partial charge in [-0.1, -0.05) is 39.3 Å². The number of halogens is 4. The number of anilines is 1. The summed E-state index contributed by atoms with van der Waals surface area (Å²) >= 11 is 3.41. The number of alkyl halides is 3. The molecule has 30 heavy (non-hydrogen) atoms. The molecule has 3 rings (SSSR count). The number of aromatic nitrogens is 1. The first kappa shape index (κ1) is 21.7. The van der Waals surface area contributed by atoms with Crippen LogP contribution in [0.3, 0.4) is 0 Å². The Morgan fingerprint density at radius 3 is 2.47 bits per heavy atom. The van der Waals surface area contributed by atoms with Crippen molar-refractivity contribution in [2.75, 3.05) is 5.32 Å². The molecule has 0 aliphatic carbocycles. The molecule has 0 radical (unpaired) electrons. The SMILES string of the molecule is Cc1noc(-c2ccc(OC(F)(F)F)cc2)c1NC(=O)OC(C)c1ccccc1Br. The highest BCUT2D eigenvalue weighted by Crippen LogP contribution is 2.33. The van der Waals surface area contributed by atoms with Gasteiger partial charge in [-0.3, -0.25) is 5.32 Å². The molecule has 10 heteroatoms. The maximum absolute atomic E-state index is 12.4. The minimum absolute atomic E-state index is 0.177. The lowest BCUT2D eigenvalue weighted by molar-refractivity contribution is -0.274. The van der Waals surface area contributed by atoms with Crippen LogP contribution in [0.4, 0.5) is 23.7 Å². The predicted octanol–water partition coefficient (Wildman–Crippen LogP) is 6.62. The van der Waals surface area contributed by atoms with Crippen molar-refractivity contribution < 1.29 is 32.0 Å². The van der Waals surface area contributed by atoms with Gasteiger partial charge in [0.25, 0.3) is 0 Å². The molecule has 1 aromatic heterocycles. The van der Waals surface area contributed by atoms with Crippen LogP contribution in [0.15, 0.2) is 57.5 Å². The fraction of sp³-hybridized carbons (Fsp3) is 0.200. The van der Waals surface area contributed by atoms with Crippen molar-refractivity contribution in [2.24, 2.45) is 0 Å². The molecule has 0 spiro atoms. The van der Waals surface area contributed by atoms with Crippen LogP contribution in [0.2, 0.25) is 0 Å². The largest absolute Gasteiger partial charge is 0.573 e.